The van der Waals surface area contributed by atoms with Crippen molar-refractivity contribution in [2.24, 2.45) is 13.0 Å². The molecule has 1 atom stereocenters. The molecular formula is C14H21N3O2. The van der Waals surface area contributed by atoms with Crippen molar-refractivity contribution in [3.8, 4) is 0 Å². The molecule has 0 aliphatic carbocycles. The molecule has 1 amide bonds. The molecule has 5 nitrogen and oxygen atoms in total. The smallest absolute Gasteiger partial charge is 0.246 e. The first-order chi connectivity index (χ1) is 9.19. The molecule has 0 radical (unpaired) electrons. The number of aliphatic hydroxyl groups is 1. The van der Waals surface area contributed by atoms with Gasteiger partial charge < -0.3 is 10.0 Å². The Bertz CT molecular complexity index is 451. The summed E-state index contributed by atoms with van der Waals surface area (Å²) in [5.74, 6) is 0.487. The molecule has 1 aromatic heterocycles. The number of aliphatic hydroxyl groups excluding tert-OH is 1. The van der Waals surface area contributed by atoms with Crippen molar-refractivity contribution >= 4 is 12.0 Å². The van der Waals surface area contributed by atoms with Crippen molar-refractivity contribution < 1.29 is 9.90 Å². The highest BCUT2D eigenvalue weighted by molar-refractivity contribution is 5.91. The van der Waals surface area contributed by atoms with Gasteiger partial charge in [-0.15, -0.1) is 0 Å². The minimum Gasteiger partial charge on any atom is -0.396 e. The molecule has 19 heavy (non-hydrogen) atoms. The number of nitrogens with zero attached hydrogens (tertiary/aromatic N) is 3. The zero-order chi connectivity index (χ0) is 13.7. The number of carbonyl (C=O) groups is 1. The summed E-state index contributed by atoms with van der Waals surface area (Å²) in [6, 6.07) is 0. The van der Waals surface area contributed by atoms with Gasteiger partial charge in [0.05, 0.1) is 6.20 Å². The molecule has 0 saturated carbocycles. The van der Waals surface area contributed by atoms with E-state index in [0.717, 1.165) is 37.9 Å². The molecule has 1 aromatic rings. The minimum absolute atomic E-state index is 0.0477. The summed E-state index contributed by atoms with van der Waals surface area (Å²) in [6.45, 7) is 1.78. The number of amides is 1. The lowest BCUT2D eigenvalue weighted by Crippen LogP contribution is -2.39. The summed E-state index contributed by atoms with van der Waals surface area (Å²) in [5, 5.41) is 13.0. The molecule has 2 heterocycles. The van der Waals surface area contributed by atoms with E-state index in [1.165, 1.54) is 0 Å². The second kappa shape index (κ2) is 6.52. The number of hydrogen-bond donors (Lipinski definition) is 1. The van der Waals surface area contributed by atoms with Crippen LogP contribution in [0.5, 0.6) is 0 Å². The van der Waals surface area contributed by atoms with E-state index in [2.05, 4.69) is 5.10 Å². The summed E-state index contributed by atoms with van der Waals surface area (Å²) in [7, 11) is 1.85. The molecule has 104 valence electrons. The van der Waals surface area contributed by atoms with Crippen LogP contribution < -0.4 is 0 Å². The first-order valence-corrected chi connectivity index (χ1v) is 6.75. The maximum Gasteiger partial charge on any atom is 0.246 e. The average Bonchev–Trinajstić information content (AvgIpc) is 2.82. The van der Waals surface area contributed by atoms with Crippen LogP contribution in [-0.4, -0.2) is 45.4 Å². The van der Waals surface area contributed by atoms with Gasteiger partial charge in [-0.3, -0.25) is 9.48 Å². The van der Waals surface area contributed by atoms with Crippen molar-refractivity contribution in [1.82, 2.24) is 14.7 Å². The monoisotopic (exact) mass is 263 g/mol. The summed E-state index contributed by atoms with van der Waals surface area (Å²) in [4.78, 5) is 13.9. The van der Waals surface area contributed by atoms with Gasteiger partial charge in [-0.25, -0.2) is 0 Å². The molecular weight excluding hydrogens is 242 g/mol. The largest absolute Gasteiger partial charge is 0.396 e. The van der Waals surface area contributed by atoms with E-state index in [9.17, 15) is 4.79 Å². The molecule has 0 bridgehead atoms. The zero-order valence-corrected chi connectivity index (χ0v) is 11.3. The topological polar surface area (TPSA) is 58.4 Å². The summed E-state index contributed by atoms with van der Waals surface area (Å²) >= 11 is 0. The number of aromatic nitrogens is 2. The van der Waals surface area contributed by atoms with Gasteiger partial charge in [0.25, 0.3) is 0 Å². The van der Waals surface area contributed by atoms with E-state index in [1.807, 2.05) is 18.1 Å². The van der Waals surface area contributed by atoms with Crippen LogP contribution in [0, 0.1) is 5.92 Å². The van der Waals surface area contributed by atoms with E-state index in [-0.39, 0.29) is 12.5 Å². The van der Waals surface area contributed by atoms with Crippen LogP contribution in [0.2, 0.25) is 0 Å². The molecule has 5 heteroatoms. The molecule has 1 fully saturated rings. The van der Waals surface area contributed by atoms with E-state index in [4.69, 9.17) is 5.11 Å². The first-order valence-electron chi connectivity index (χ1n) is 6.75. The maximum atomic E-state index is 12.1. The predicted octanol–water partition coefficient (Wildman–Crippen LogP) is 1.05. The minimum atomic E-state index is 0.0477. The molecule has 1 unspecified atom stereocenters. The Kier molecular flexibility index (Phi) is 4.74. The fourth-order valence-corrected chi connectivity index (χ4v) is 2.48. The molecule has 1 N–H and O–H groups in total. The Labute approximate surface area is 113 Å². The van der Waals surface area contributed by atoms with Crippen molar-refractivity contribution in [2.45, 2.75) is 19.3 Å². The highest BCUT2D eigenvalue weighted by atomic mass is 16.3. The highest BCUT2D eigenvalue weighted by Gasteiger charge is 2.21. The van der Waals surface area contributed by atoms with E-state index < -0.39 is 0 Å². The standard InChI is InChI=1S/C14H21N3O2/c1-16-10-13(9-15-16)4-5-14(19)17-7-2-3-12(11-17)6-8-18/h4-5,9-10,12,18H,2-3,6-8,11H2,1H3. The Balaban J connectivity index is 1.90. The van der Waals surface area contributed by atoms with Gasteiger partial charge in [0.1, 0.15) is 0 Å². The fraction of sp³-hybridized carbons (Fsp3) is 0.571. The second-order valence-electron chi connectivity index (χ2n) is 5.09. The molecule has 1 aliphatic rings. The predicted molar refractivity (Wildman–Crippen MR) is 73.2 cm³/mol. The van der Waals surface area contributed by atoms with Crippen LogP contribution in [0.15, 0.2) is 18.5 Å². The third-order valence-corrected chi connectivity index (χ3v) is 3.51. The quantitative estimate of drug-likeness (QED) is 0.826. The van der Waals surface area contributed by atoms with Crippen LogP contribution in [0.25, 0.3) is 6.08 Å². The third-order valence-electron chi connectivity index (χ3n) is 3.51. The van der Waals surface area contributed by atoms with Crippen LogP contribution in [0.4, 0.5) is 0 Å². The van der Waals surface area contributed by atoms with Crippen molar-refractivity contribution in [3.05, 3.63) is 24.0 Å². The number of carbonyl (C=O) groups excluding carboxylic acids is 1. The highest BCUT2D eigenvalue weighted by Crippen LogP contribution is 2.19. The van der Waals surface area contributed by atoms with Crippen LogP contribution in [-0.2, 0) is 11.8 Å². The third kappa shape index (κ3) is 3.92. The van der Waals surface area contributed by atoms with Crippen LogP contribution >= 0.6 is 0 Å². The Morgan fingerprint density at radius 2 is 2.47 bits per heavy atom. The number of rotatable bonds is 4. The maximum absolute atomic E-state index is 12.1. The Morgan fingerprint density at radius 3 is 3.16 bits per heavy atom. The molecule has 2 rings (SSSR count). The van der Waals surface area contributed by atoms with Gasteiger partial charge in [-0.05, 0) is 31.3 Å². The lowest BCUT2D eigenvalue weighted by atomic mass is 9.95. The van der Waals surface area contributed by atoms with E-state index in [1.54, 1.807) is 23.0 Å². The van der Waals surface area contributed by atoms with Crippen LogP contribution in [0.3, 0.4) is 0 Å². The van der Waals surface area contributed by atoms with Gasteiger partial charge >= 0.3 is 0 Å². The SMILES string of the molecule is Cn1cc(C=CC(=O)N2CCCC(CCO)C2)cn1. The Morgan fingerprint density at radius 1 is 1.63 bits per heavy atom. The van der Waals surface area contributed by atoms with Gasteiger partial charge in [0, 0.05) is 44.6 Å². The van der Waals surface area contributed by atoms with Crippen molar-refractivity contribution in [3.63, 3.8) is 0 Å². The number of hydrogen-bond acceptors (Lipinski definition) is 3. The molecule has 1 saturated heterocycles. The molecule has 1 aliphatic heterocycles. The first kappa shape index (κ1) is 13.8. The Hall–Kier alpha value is -1.62. The number of piperidine rings is 1. The summed E-state index contributed by atoms with van der Waals surface area (Å²) < 4.78 is 1.71. The van der Waals surface area contributed by atoms with Crippen molar-refractivity contribution in [2.75, 3.05) is 19.7 Å². The number of likely N-dealkylation sites (tertiary alicyclic amines) is 1. The van der Waals surface area contributed by atoms with E-state index >= 15 is 0 Å². The van der Waals surface area contributed by atoms with Crippen LogP contribution in [0.1, 0.15) is 24.8 Å². The summed E-state index contributed by atoms with van der Waals surface area (Å²) in [5.41, 5.74) is 0.930. The van der Waals surface area contributed by atoms with Gasteiger partial charge in [0.15, 0.2) is 0 Å². The fourth-order valence-electron chi connectivity index (χ4n) is 2.48. The average molecular weight is 263 g/mol. The number of aryl methyl sites for hydroxylation is 1. The van der Waals surface area contributed by atoms with Crippen molar-refractivity contribution in [1.29, 1.82) is 0 Å². The zero-order valence-electron chi connectivity index (χ0n) is 11.3. The lowest BCUT2D eigenvalue weighted by Gasteiger charge is -2.31. The van der Waals surface area contributed by atoms with Gasteiger partial charge in [-0.1, -0.05) is 0 Å². The molecule has 0 spiro atoms. The van der Waals surface area contributed by atoms with Gasteiger partial charge in [0.2, 0.25) is 5.91 Å². The normalized spacial score (nSPS) is 20.1. The molecule has 0 aromatic carbocycles. The van der Waals surface area contributed by atoms with Gasteiger partial charge in [-0.2, -0.15) is 5.10 Å². The lowest BCUT2D eigenvalue weighted by molar-refractivity contribution is -0.127. The summed E-state index contributed by atoms with van der Waals surface area (Å²) in [6.07, 6.45) is 9.93. The van der Waals surface area contributed by atoms with E-state index in [0.29, 0.717) is 5.92 Å². The second-order valence-corrected chi connectivity index (χ2v) is 5.09.